The Bertz CT molecular complexity index is 180. The van der Waals surface area contributed by atoms with E-state index in [1.807, 2.05) is 0 Å². The van der Waals surface area contributed by atoms with Gasteiger partial charge in [0.05, 0.1) is 5.41 Å². The minimum absolute atomic E-state index is 0.349. The van der Waals surface area contributed by atoms with E-state index in [1.54, 1.807) is 0 Å². The average molecular weight is 141 g/mol. The molecular weight excluding hydrogens is 130 g/mol. The molecular formula is C7H11NO2. The number of piperidine rings is 1. The lowest BCUT2D eigenvalue weighted by molar-refractivity contribution is -0.144. The molecule has 3 nitrogen and oxygen atoms in total. The summed E-state index contributed by atoms with van der Waals surface area (Å²) in [6, 6.07) is 0. The molecule has 0 spiro atoms. The molecule has 1 aliphatic heterocycles. The molecule has 0 radical (unpaired) electrons. The van der Waals surface area contributed by atoms with Gasteiger partial charge < -0.3 is 10.4 Å². The van der Waals surface area contributed by atoms with Crippen molar-refractivity contribution in [2.24, 2.45) is 11.3 Å². The zero-order chi connectivity index (χ0) is 7.19. The summed E-state index contributed by atoms with van der Waals surface area (Å²) in [5, 5.41) is 11.9. The Morgan fingerprint density at radius 3 is 3.00 bits per heavy atom. The first-order valence-corrected chi connectivity index (χ1v) is 3.70. The fourth-order valence-corrected chi connectivity index (χ4v) is 1.90. The van der Waals surface area contributed by atoms with Crippen LogP contribution in [-0.4, -0.2) is 24.2 Å². The Morgan fingerprint density at radius 1 is 1.70 bits per heavy atom. The van der Waals surface area contributed by atoms with Gasteiger partial charge >= 0.3 is 5.97 Å². The Morgan fingerprint density at radius 2 is 2.50 bits per heavy atom. The Kier molecular flexibility index (Phi) is 1.06. The predicted octanol–water partition coefficient (Wildman–Crippen LogP) is 0.0706. The molecule has 2 rings (SSSR count). The second-order valence-electron chi connectivity index (χ2n) is 3.33. The number of carboxylic acids is 1. The van der Waals surface area contributed by atoms with Crippen molar-refractivity contribution in [2.75, 3.05) is 13.1 Å². The van der Waals surface area contributed by atoms with Crippen molar-refractivity contribution in [1.29, 1.82) is 0 Å². The van der Waals surface area contributed by atoms with Crippen LogP contribution in [0.15, 0.2) is 0 Å². The number of hydrogen-bond acceptors (Lipinski definition) is 2. The zero-order valence-corrected chi connectivity index (χ0v) is 5.76. The SMILES string of the molecule is O=C(O)[C@]12CNCC[C@H]1C2. The largest absolute Gasteiger partial charge is 0.481 e. The monoisotopic (exact) mass is 141 g/mol. The van der Waals surface area contributed by atoms with Gasteiger partial charge in [0.15, 0.2) is 0 Å². The van der Waals surface area contributed by atoms with Crippen LogP contribution in [0.5, 0.6) is 0 Å². The van der Waals surface area contributed by atoms with E-state index in [9.17, 15) is 4.79 Å². The number of fused-ring (bicyclic) bond motifs is 1. The van der Waals surface area contributed by atoms with Crippen LogP contribution in [0.2, 0.25) is 0 Å². The quantitative estimate of drug-likeness (QED) is 0.543. The van der Waals surface area contributed by atoms with Gasteiger partial charge in [-0.25, -0.2) is 0 Å². The minimum Gasteiger partial charge on any atom is -0.481 e. The maximum absolute atomic E-state index is 10.7. The fourth-order valence-electron chi connectivity index (χ4n) is 1.90. The fraction of sp³-hybridized carbons (Fsp3) is 0.857. The Hall–Kier alpha value is -0.570. The lowest BCUT2D eigenvalue weighted by Gasteiger charge is -2.18. The normalized spacial score (nSPS) is 44.2. The van der Waals surface area contributed by atoms with Crippen molar-refractivity contribution >= 4 is 5.97 Å². The first-order chi connectivity index (χ1) is 4.76. The molecule has 0 unspecified atom stereocenters. The van der Waals surface area contributed by atoms with Crippen molar-refractivity contribution in [3.05, 3.63) is 0 Å². The zero-order valence-electron chi connectivity index (χ0n) is 5.76. The molecule has 1 heterocycles. The third-order valence-electron chi connectivity index (χ3n) is 2.77. The molecule has 2 atom stereocenters. The molecule has 0 aromatic heterocycles. The predicted molar refractivity (Wildman–Crippen MR) is 35.7 cm³/mol. The standard InChI is InChI=1S/C7H11NO2/c9-6(10)7-3-5(7)1-2-8-4-7/h5,8H,1-4H2,(H,9,10)/t5-,7+/m0/s1. The van der Waals surface area contributed by atoms with E-state index in [0.29, 0.717) is 12.5 Å². The van der Waals surface area contributed by atoms with Crippen molar-refractivity contribution < 1.29 is 9.90 Å². The van der Waals surface area contributed by atoms with E-state index >= 15 is 0 Å². The number of aliphatic carboxylic acids is 1. The van der Waals surface area contributed by atoms with E-state index < -0.39 is 5.97 Å². The number of nitrogens with one attached hydrogen (secondary N) is 1. The highest BCUT2D eigenvalue weighted by molar-refractivity contribution is 5.79. The van der Waals surface area contributed by atoms with Gasteiger partial charge in [0.1, 0.15) is 0 Å². The molecule has 0 amide bonds. The molecule has 56 valence electrons. The molecule has 0 aromatic carbocycles. The molecule has 1 aliphatic carbocycles. The maximum atomic E-state index is 10.7. The molecule has 2 fully saturated rings. The molecule has 10 heavy (non-hydrogen) atoms. The highest BCUT2D eigenvalue weighted by Crippen LogP contribution is 2.55. The van der Waals surface area contributed by atoms with Crippen LogP contribution in [0, 0.1) is 11.3 Å². The van der Waals surface area contributed by atoms with Crippen LogP contribution in [0.25, 0.3) is 0 Å². The van der Waals surface area contributed by atoms with E-state index in [1.165, 1.54) is 0 Å². The van der Waals surface area contributed by atoms with E-state index in [2.05, 4.69) is 5.32 Å². The van der Waals surface area contributed by atoms with Crippen LogP contribution >= 0.6 is 0 Å². The van der Waals surface area contributed by atoms with Crippen molar-refractivity contribution in [1.82, 2.24) is 5.32 Å². The van der Waals surface area contributed by atoms with Crippen LogP contribution < -0.4 is 5.32 Å². The summed E-state index contributed by atoms with van der Waals surface area (Å²) >= 11 is 0. The molecule has 1 saturated heterocycles. The van der Waals surface area contributed by atoms with Crippen LogP contribution in [0.4, 0.5) is 0 Å². The maximum Gasteiger partial charge on any atom is 0.311 e. The summed E-state index contributed by atoms with van der Waals surface area (Å²) in [7, 11) is 0. The van der Waals surface area contributed by atoms with Crippen LogP contribution in [0.1, 0.15) is 12.8 Å². The van der Waals surface area contributed by atoms with Gasteiger partial charge in [-0.1, -0.05) is 0 Å². The Balaban J connectivity index is 2.12. The smallest absolute Gasteiger partial charge is 0.311 e. The first-order valence-electron chi connectivity index (χ1n) is 3.70. The van der Waals surface area contributed by atoms with Crippen LogP contribution in [-0.2, 0) is 4.79 Å². The number of hydrogen-bond donors (Lipinski definition) is 2. The number of rotatable bonds is 1. The molecule has 0 bridgehead atoms. The van der Waals surface area contributed by atoms with Crippen molar-refractivity contribution in [2.45, 2.75) is 12.8 Å². The summed E-state index contributed by atoms with van der Waals surface area (Å²) in [6.07, 6.45) is 1.95. The van der Waals surface area contributed by atoms with Crippen molar-refractivity contribution in [3.63, 3.8) is 0 Å². The summed E-state index contributed by atoms with van der Waals surface area (Å²) in [5.74, 6) is -0.129. The van der Waals surface area contributed by atoms with Gasteiger partial charge in [0.2, 0.25) is 0 Å². The second-order valence-corrected chi connectivity index (χ2v) is 3.33. The molecule has 3 heteroatoms. The minimum atomic E-state index is -0.607. The van der Waals surface area contributed by atoms with Gasteiger partial charge in [-0.3, -0.25) is 4.79 Å². The van der Waals surface area contributed by atoms with Gasteiger partial charge in [-0.05, 0) is 25.3 Å². The van der Waals surface area contributed by atoms with Gasteiger partial charge in [0.25, 0.3) is 0 Å². The summed E-state index contributed by atoms with van der Waals surface area (Å²) in [4.78, 5) is 10.7. The summed E-state index contributed by atoms with van der Waals surface area (Å²) in [5.41, 5.74) is -0.349. The van der Waals surface area contributed by atoms with Crippen molar-refractivity contribution in [3.8, 4) is 0 Å². The van der Waals surface area contributed by atoms with E-state index in [-0.39, 0.29) is 5.41 Å². The molecule has 0 aromatic rings. The highest BCUT2D eigenvalue weighted by Gasteiger charge is 2.60. The molecule has 1 saturated carbocycles. The third kappa shape index (κ3) is 0.611. The average Bonchev–Trinajstić information content (AvgIpc) is 2.61. The highest BCUT2D eigenvalue weighted by atomic mass is 16.4. The molecule has 2 aliphatic rings. The number of carboxylic acid groups (broad SMARTS) is 1. The second kappa shape index (κ2) is 1.72. The topological polar surface area (TPSA) is 49.3 Å². The third-order valence-corrected chi connectivity index (χ3v) is 2.77. The van der Waals surface area contributed by atoms with E-state index in [0.717, 1.165) is 19.4 Å². The Labute approximate surface area is 59.4 Å². The van der Waals surface area contributed by atoms with Crippen LogP contribution in [0.3, 0.4) is 0 Å². The number of carbonyl (C=O) groups is 1. The lowest BCUT2D eigenvalue weighted by atomic mass is 9.99. The van der Waals surface area contributed by atoms with Gasteiger partial charge in [0, 0.05) is 6.54 Å². The first kappa shape index (κ1) is 6.16. The summed E-state index contributed by atoms with van der Waals surface area (Å²) in [6.45, 7) is 1.69. The van der Waals surface area contributed by atoms with E-state index in [4.69, 9.17) is 5.11 Å². The van der Waals surface area contributed by atoms with Gasteiger partial charge in [-0.15, -0.1) is 0 Å². The summed E-state index contributed by atoms with van der Waals surface area (Å²) < 4.78 is 0. The molecule has 2 N–H and O–H groups in total. The lowest BCUT2D eigenvalue weighted by Crippen LogP contribution is -2.36. The van der Waals surface area contributed by atoms with Gasteiger partial charge in [-0.2, -0.15) is 0 Å².